The molecule has 0 aromatic rings. The molecule has 1 fully saturated rings. The highest BCUT2D eigenvalue weighted by Crippen LogP contribution is 2.28. The molecule has 88 valence electrons. The zero-order chi connectivity index (χ0) is 11.5. The van der Waals surface area contributed by atoms with Gasteiger partial charge in [-0.3, -0.25) is 4.79 Å². The van der Waals surface area contributed by atoms with Gasteiger partial charge in [0.05, 0.1) is 18.6 Å². The van der Waals surface area contributed by atoms with Gasteiger partial charge in [-0.1, -0.05) is 12.8 Å². The molecule has 0 unspecified atom stereocenters. The summed E-state index contributed by atoms with van der Waals surface area (Å²) in [6.45, 7) is 4.02. The van der Waals surface area contributed by atoms with Crippen LogP contribution in [0.15, 0.2) is 0 Å². The highest BCUT2D eigenvalue weighted by molar-refractivity contribution is 5.73. The number of aliphatic carboxylic acids is 1. The van der Waals surface area contributed by atoms with Gasteiger partial charge in [-0.2, -0.15) is 0 Å². The molecule has 1 saturated carbocycles. The van der Waals surface area contributed by atoms with Crippen molar-refractivity contribution >= 4 is 5.97 Å². The highest BCUT2D eigenvalue weighted by atomic mass is 16.5. The van der Waals surface area contributed by atoms with Gasteiger partial charge in [-0.25, -0.2) is 0 Å². The molecule has 0 amide bonds. The molecule has 3 N–H and O–H groups in total. The van der Waals surface area contributed by atoms with Crippen molar-refractivity contribution in [3.05, 3.63) is 0 Å². The molecule has 15 heavy (non-hydrogen) atoms. The van der Waals surface area contributed by atoms with E-state index in [-0.39, 0.29) is 12.1 Å². The summed E-state index contributed by atoms with van der Waals surface area (Å²) < 4.78 is 5.44. The average Bonchev–Trinajstić information content (AvgIpc) is 2.51. The standard InChI is InChI=1S/C11H21NO3/c1-10(2,9(13)14)7-15-8-11(12)5-3-4-6-11/h3-8,12H2,1-2H3,(H,13,14). The minimum Gasteiger partial charge on any atom is -0.481 e. The largest absolute Gasteiger partial charge is 0.481 e. The van der Waals surface area contributed by atoms with Crippen LogP contribution in [0.25, 0.3) is 0 Å². The molecule has 4 nitrogen and oxygen atoms in total. The van der Waals surface area contributed by atoms with Crippen LogP contribution in [0, 0.1) is 5.41 Å². The van der Waals surface area contributed by atoms with E-state index in [9.17, 15) is 4.79 Å². The minimum atomic E-state index is -0.833. The molecule has 0 aromatic heterocycles. The summed E-state index contributed by atoms with van der Waals surface area (Å²) >= 11 is 0. The van der Waals surface area contributed by atoms with Crippen molar-refractivity contribution in [3.63, 3.8) is 0 Å². The van der Waals surface area contributed by atoms with Crippen LogP contribution in [-0.2, 0) is 9.53 Å². The van der Waals surface area contributed by atoms with Crippen molar-refractivity contribution in [1.29, 1.82) is 0 Å². The molecule has 0 aromatic carbocycles. The van der Waals surface area contributed by atoms with Crippen LogP contribution in [0.2, 0.25) is 0 Å². The van der Waals surface area contributed by atoms with Crippen LogP contribution in [-0.4, -0.2) is 29.8 Å². The lowest BCUT2D eigenvalue weighted by molar-refractivity contribution is -0.150. The molecular weight excluding hydrogens is 194 g/mol. The summed E-state index contributed by atoms with van der Waals surface area (Å²) in [7, 11) is 0. The molecule has 1 aliphatic carbocycles. The van der Waals surface area contributed by atoms with Crippen molar-refractivity contribution in [1.82, 2.24) is 0 Å². The first-order valence-corrected chi connectivity index (χ1v) is 5.46. The fourth-order valence-corrected chi connectivity index (χ4v) is 1.79. The molecule has 0 bridgehead atoms. The lowest BCUT2D eigenvalue weighted by Crippen LogP contribution is -2.43. The van der Waals surface area contributed by atoms with Crippen LogP contribution in [0.5, 0.6) is 0 Å². The molecule has 0 saturated heterocycles. The SMILES string of the molecule is CC(C)(COCC1(N)CCCC1)C(=O)O. The van der Waals surface area contributed by atoms with Gasteiger partial charge in [0.25, 0.3) is 0 Å². The van der Waals surface area contributed by atoms with Gasteiger partial charge in [0.1, 0.15) is 0 Å². The Balaban J connectivity index is 2.29. The molecular formula is C11H21NO3. The summed E-state index contributed by atoms with van der Waals surface area (Å²) in [5.74, 6) is -0.833. The van der Waals surface area contributed by atoms with E-state index in [1.165, 1.54) is 0 Å². The van der Waals surface area contributed by atoms with Gasteiger partial charge >= 0.3 is 5.97 Å². The van der Waals surface area contributed by atoms with E-state index in [1.807, 2.05) is 0 Å². The Kier molecular flexibility index (Phi) is 3.73. The van der Waals surface area contributed by atoms with Gasteiger partial charge in [0.15, 0.2) is 0 Å². The van der Waals surface area contributed by atoms with E-state index in [0.717, 1.165) is 25.7 Å². The Morgan fingerprint density at radius 1 is 1.47 bits per heavy atom. The van der Waals surface area contributed by atoms with Gasteiger partial charge in [0.2, 0.25) is 0 Å². The van der Waals surface area contributed by atoms with Crippen LogP contribution in [0.1, 0.15) is 39.5 Å². The number of hydrogen-bond acceptors (Lipinski definition) is 3. The Bertz CT molecular complexity index is 232. The Morgan fingerprint density at radius 3 is 2.47 bits per heavy atom. The first kappa shape index (κ1) is 12.5. The predicted molar refractivity (Wildman–Crippen MR) is 57.6 cm³/mol. The maximum Gasteiger partial charge on any atom is 0.311 e. The molecule has 0 atom stereocenters. The van der Waals surface area contributed by atoms with Gasteiger partial charge in [-0.05, 0) is 26.7 Å². The maximum absolute atomic E-state index is 10.8. The van der Waals surface area contributed by atoms with Crippen LogP contribution >= 0.6 is 0 Å². The average molecular weight is 215 g/mol. The Morgan fingerprint density at radius 2 is 2.00 bits per heavy atom. The van der Waals surface area contributed by atoms with Crippen LogP contribution < -0.4 is 5.73 Å². The Labute approximate surface area is 90.8 Å². The first-order valence-electron chi connectivity index (χ1n) is 5.46. The molecule has 0 radical (unpaired) electrons. The first-order chi connectivity index (χ1) is 6.86. The second-order valence-electron chi connectivity index (χ2n) is 5.25. The number of ether oxygens (including phenoxy) is 1. The van der Waals surface area contributed by atoms with Crippen molar-refractivity contribution in [2.24, 2.45) is 11.1 Å². The smallest absolute Gasteiger partial charge is 0.311 e. The number of rotatable bonds is 5. The molecule has 0 aliphatic heterocycles. The summed E-state index contributed by atoms with van der Waals surface area (Å²) in [6.07, 6.45) is 4.28. The summed E-state index contributed by atoms with van der Waals surface area (Å²) in [6, 6.07) is 0. The zero-order valence-corrected chi connectivity index (χ0v) is 9.58. The molecule has 1 aliphatic rings. The minimum absolute atomic E-state index is 0.214. The van der Waals surface area contributed by atoms with E-state index >= 15 is 0 Å². The number of carboxylic acid groups (broad SMARTS) is 1. The molecule has 0 heterocycles. The Hall–Kier alpha value is -0.610. The predicted octanol–water partition coefficient (Wildman–Crippen LogP) is 1.39. The van der Waals surface area contributed by atoms with Crippen LogP contribution in [0.3, 0.4) is 0 Å². The number of carboxylic acids is 1. The number of hydrogen-bond donors (Lipinski definition) is 2. The van der Waals surface area contributed by atoms with E-state index in [0.29, 0.717) is 6.61 Å². The van der Waals surface area contributed by atoms with Crippen molar-refractivity contribution in [2.75, 3.05) is 13.2 Å². The molecule has 1 rings (SSSR count). The zero-order valence-electron chi connectivity index (χ0n) is 9.58. The summed E-state index contributed by atoms with van der Waals surface area (Å²) in [5.41, 5.74) is 5.05. The highest BCUT2D eigenvalue weighted by Gasteiger charge is 2.32. The van der Waals surface area contributed by atoms with Gasteiger partial charge in [-0.15, -0.1) is 0 Å². The third-order valence-electron chi connectivity index (χ3n) is 3.03. The monoisotopic (exact) mass is 215 g/mol. The lowest BCUT2D eigenvalue weighted by atomic mass is 9.95. The molecule has 0 spiro atoms. The maximum atomic E-state index is 10.8. The second-order valence-corrected chi connectivity index (χ2v) is 5.25. The summed E-state index contributed by atoms with van der Waals surface area (Å²) in [5, 5.41) is 8.89. The van der Waals surface area contributed by atoms with Crippen molar-refractivity contribution < 1.29 is 14.6 Å². The van der Waals surface area contributed by atoms with E-state index < -0.39 is 11.4 Å². The third kappa shape index (κ3) is 3.47. The molecule has 4 heteroatoms. The van der Waals surface area contributed by atoms with E-state index in [1.54, 1.807) is 13.8 Å². The van der Waals surface area contributed by atoms with Crippen molar-refractivity contribution in [2.45, 2.75) is 45.1 Å². The van der Waals surface area contributed by atoms with E-state index in [2.05, 4.69) is 0 Å². The fourth-order valence-electron chi connectivity index (χ4n) is 1.79. The normalized spacial score (nSPS) is 20.5. The second kappa shape index (κ2) is 4.49. The van der Waals surface area contributed by atoms with Gasteiger partial charge in [0, 0.05) is 5.54 Å². The topological polar surface area (TPSA) is 72.5 Å². The van der Waals surface area contributed by atoms with Gasteiger partial charge < -0.3 is 15.6 Å². The fraction of sp³-hybridized carbons (Fsp3) is 0.909. The quantitative estimate of drug-likeness (QED) is 0.726. The van der Waals surface area contributed by atoms with E-state index in [4.69, 9.17) is 15.6 Å². The van der Waals surface area contributed by atoms with Crippen LogP contribution in [0.4, 0.5) is 0 Å². The summed E-state index contributed by atoms with van der Waals surface area (Å²) in [4.78, 5) is 10.8. The number of nitrogens with two attached hydrogens (primary N) is 1. The van der Waals surface area contributed by atoms with Crippen molar-refractivity contribution in [3.8, 4) is 0 Å². The lowest BCUT2D eigenvalue weighted by Gasteiger charge is -2.26. The third-order valence-corrected chi connectivity index (χ3v) is 3.03. The number of carbonyl (C=O) groups is 1.